The molecule has 0 spiro atoms. The van der Waals surface area contributed by atoms with Gasteiger partial charge in [0.25, 0.3) is 0 Å². The van der Waals surface area contributed by atoms with Crippen LogP contribution < -0.4 is 5.32 Å². The fraction of sp³-hybridized carbons (Fsp3) is 0. The number of aromatic nitrogens is 3. The number of benzene rings is 1. The van der Waals surface area contributed by atoms with Gasteiger partial charge in [0.05, 0.1) is 16.2 Å². The molecule has 0 radical (unpaired) electrons. The monoisotopic (exact) mass is 281 g/mol. The van der Waals surface area contributed by atoms with Crippen molar-refractivity contribution in [3.63, 3.8) is 0 Å². The molecular formula is C14H8ClN5. The molecule has 20 heavy (non-hydrogen) atoms. The van der Waals surface area contributed by atoms with E-state index in [0.29, 0.717) is 10.8 Å². The van der Waals surface area contributed by atoms with Crippen LogP contribution in [0.15, 0.2) is 42.9 Å². The summed E-state index contributed by atoms with van der Waals surface area (Å²) in [6.07, 6.45) is 4.68. The van der Waals surface area contributed by atoms with Crippen LogP contribution in [0, 0.1) is 11.3 Å². The van der Waals surface area contributed by atoms with E-state index in [2.05, 4.69) is 20.3 Å². The number of hydrogen-bond acceptors (Lipinski definition) is 5. The molecule has 0 amide bonds. The van der Waals surface area contributed by atoms with E-state index in [-0.39, 0.29) is 5.69 Å². The normalized spacial score (nSPS) is 10.2. The average molecular weight is 282 g/mol. The third kappa shape index (κ3) is 2.13. The molecular weight excluding hydrogens is 274 g/mol. The molecule has 1 N–H and O–H groups in total. The number of anilines is 2. The lowest BCUT2D eigenvalue weighted by atomic mass is 10.2. The van der Waals surface area contributed by atoms with Crippen molar-refractivity contribution < 1.29 is 0 Å². The van der Waals surface area contributed by atoms with Crippen LogP contribution in [0.5, 0.6) is 0 Å². The maximum Gasteiger partial charge on any atom is 0.183 e. The fourth-order valence-electron chi connectivity index (χ4n) is 1.88. The summed E-state index contributed by atoms with van der Waals surface area (Å²) in [4.78, 5) is 12.4. The summed E-state index contributed by atoms with van der Waals surface area (Å²) < 4.78 is 0. The highest BCUT2D eigenvalue weighted by Crippen LogP contribution is 2.29. The predicted octanol–water partition coefficient (Wildman–Crippen LogP) is 3.29. The van der Waals surface area contributed by atoms with Gasteiger partial charge >= 0.3 is 0 Å². The van der Waals surface area contributed by atoms with E-state index in [0.717, 1.165) is 16.6 Å². The van der Waals surface area contributed by atoms with E-state index in [1.807, 2.05) is 18.2 Å². The molecule has 2 aromatic heterocycles. The zero-order valence-electron chi connectivity index (χ0n) is 10.2. The van der Waals surface area contributed by atoms with Gasteiger partial charge in [-0.15, -0.1) is 0 Å². The molecule has 1 aromatic carbocycles. The van der Waals surface area contributed by atoms with Crippen molar-refractivity contribution in [3.05, 3.63) is 53.6 Å². The number of nitrogens with one attached hydrogen (secondary N) is 1. The van der Waals surface area contributed by atoms with Gasteiger partial charge in [0.1, 0.15) is 6.07 Å². The van der Waals surface area contributed by atoms with E-state index in [1.54, 1.807) is 18.3 Å². The Labute approximate surface area is 119 Å². The second-order valence-corrected chi connectivity index (χ2v) is 4.39. The Balaban J connectivity index is 2.12. The summed E-state index contributed by atoms with van der Waals surface area (Å²) in [6, 6.07) is 9.27. The van der Waals surface area contributed by atoms with Crippen LogP contribution in [0.2, 0.25) is 5.02 Å². The smallest absolute Gasteiger partial charge is 0.183 e. The molecule has 3 aromatic rings. The Bertz CT molecular complexity index is 825. The van der Waals surface area contributed by atoms with E-state index >= 15 is 0 Å². The minimum absolute atomic E-state index is 0.228. The number of fused-ring (bicyclic) bond motifs is 1. The van der Waals surface area contributed by atoms with Crippen LogP contribution >= 0.6 is 11.6 Å². The summed E-state index contributed by atoms with van der Waals surface area (Å²) in [7, 11) is 0. The predicted molar refractivity (Wildman–Crippen MR) is 76.8 cm³/mol. The highest BCUT2D eigenvalue weighted by molar-refractivity contribution is 6.35. The highest BCUT2D eigenvalue weighted by atomic mass is 35.5. The summed E-state index contributed by atoms with van der Waals surface area (Å²) >= 11 is 6.14. The van der Waals surface area contributed by atoms with Gasteiger partial charge in [0.15, 0.2) is 11.5 Å². The zero-order chi connectivity index (χ0) is 13.9. The van der Waals surface area contributed by atoms with Crippen LogP contribution in [0.4, 0.5) is 11.5 Å². The number of nitrogens with zero attached hydrogens (tertiary/aromatic N) is 4. The van der Waals surface area contributed by atoms with Crippen LogP contribution in [-0.2, 0) is 0 Å². The Morgan fingerprint density at radius 1 is 1.05 bits per heavy atom. The SMILES string of the molecule is N#Cc1nccnc1Nc1ccc(Cl)c2cccnc12. The lowest BCUT2D eigenvalue weighted by molar-refractivity contribution is 1.16. The maximum atomic E-state index is 9.02. The van der Waals surface area contributed by atoms with Gasteiger partial charge in [-0.25, -0.2) is 9.97 Å². The van der Waals surface area contributed by atoms with E-state index in [1.165, 1.54) is 12.4 Å². The molecule has 3 rings (SSSR count). The molecule has 0 atom stereocenters. The van der Waals surface area contributed by atoms with Gasteiger partial charge in [-0.05, 0) is 24.3 Å². The summed E-state index contributed by atoms with van der Waals surface area (Å²) in [5.74, 6) is 0.393. The summed E-state index contributed by atoms with van der Waals surface area (Å²) in [6.45, 7) is 0. The van der Waals surface area contributed by atoms with Crippen LogP contribution in [-0.4, -0.2) is 15.0 Å². The second kappa shape index (κ2) is 5.11. The second-order valence-electron chi connectivity index (χ2n) is 3.98. The first-order valence-corrected chi connectivity index (χ1v) is 6.19. The van der Waals surface area contributed by atoms with Gasteiger partial charge < -0.3 is 5.32 Å². The largest absolute Gasteiger partial charge is 0.336 e. The number of rotatable bonds is 2. The van der Waals surface area contributed by atoms with Crippen LogP contribution in [0.1, 0.15) is 5.69 Å². The minimum Gasteiger partial charge on any atom is -0.336 e. The van der Waals surface area contributed by atoms with Crippen molar-refractivity contribution in [2.75, 3.05) is 5.32 Å². The first-order valence-electron chi connectivity index (χ1n) is 5.81. The molecule has 6 heteroatoms. The van der Waals surface area contributed by atoms with E-state index < -0.39 is 0 Å². The topological polar surface area (TPSA) is 74.5 Å². The number of nitriles is 1. The summed E-state index contributed by atoms with van der Waals surface area (Å²) in [5, 5.41) is 13.6. The van der Waals surface area contributed by atoms with Crippen LogP contribution in [0.3, 0.4) is 0 Å². The fourth-order valence-corrected chi connectivity index (χ4v) is 2.09. The molecule has 0 bridgehead atoms. The third-order valence-electron chi connectivity index (χ3n) is 2.77. The first kappa shape index (κ1) is 12.3. The Kier molecular flexibility index (Phi) is 3.15. The Morgan fingerprint density at radius 3 is 2.75 bits per heavy atom. The zero-order valence-corrected chi connectivity index (χ0v) is 11.0. The van der Waals surface area contributed by atoms with Crippen molar-refractivity contribution in [1.82, 2.24) is 15.0 Å². The summed E-state index contributed by atoms with van der Waals surface area (Å²) in [5.41, 5.74) is 1.67. The number of pyridine rings is 1. The molecule has 2 heterocycles. The number of halogens is 1. The molecule has 96 valence electrons. The maximum absolute atomic E-state index is 9.02. The third-order valence-corrected chi connectivity index (χ3v) is 3.10. The average Bonchev–Trinajstić information content (AvgIpc) is 2.51. The first-order chi connectivity index (χ1) is 9.79. The van der Waals surface area contributed by atoms with Crippen molar-refractivity contribution in [1.29, 1.82) is 5.26 Å². The van der Waals surface area contributed by atoms with Gasteiger partial charge in [0, 0.05) is 24.0 Å². The van der Waals surface area contributed by atoms with Crippen LogP contribution in [0.25, 0.3) is 10.9 Å². The van der Waals surface area contributed by atoms with Crippen molar-refractivity contribution in [2.45, 2.75) is 0 Å². The molecule has 0 aliphatic heterocycles. The molecule has 0 aliphatic rings. The van der Waals surface area contributed by atoms with Crippen molar-refractivity contribution in [2.24, 2.45) is 0 Å². The molecule has 0 unspecified atom stereocenters. The Morgan fingerprint density at radius 2 is 1.90 bits per heavy atom. The molecule has 0 saturated heterocycles. The van der Waals surface area contributed by atoms with Gasteiger partial charge in [-0.1, -0.05) is 11.6 Å². The minimum atomic E-state index is 0.228. The Hall–Kier alpha value is -2.71. The molecule has 0 aliphatic carbocycles. The molecule has 0 fully saturated rings. The molecule has 0 saturated carbocycles. The lowest BCUT2D eigenvalue weighted by Gasteiger charge is -2.09. The number of hydrogen-bond donors (Lipinski definition) is 1. The quantitative estimate of drug-likeness (QED) is 0.780. The highest BCUT2D eigenvalue weighted by Gasteiger charge is 2.09. The standard InChI is InChI=1S/C14H8ClN5/c15-10-3-4-11(13-9(10)2-1-5-18-13)20-14-12(8-16)17-6-7-19-14/h1-7H,(H,19,20). The lowest BCUT2D eigenvalue weighted by Crippen LogP contribution is -1.99. The van der Waals surface area contributed by atoms with Crippen molar-refractivity contribution in [3.8, 4) is 6.07 Å². The van der Waals surface area contributed by atoms with E-state index in [4.69, 9.17) is 16.9 Å². The van der Waals surface area contributed by atoms with E-state index in [9.17, 15) is 0 Å². The van der Waals surface area contributed by atoms with Gasteiger partial charge in [-0.2, -0.15) is 5.26 Å². The van der Waals surface area contributed by atoms with Gasteiger partial charge in [0.2, 0.25) is 0 Å². The van der Waals surface area contributed by atoms with Crippen molar-refractivity contribution >= 4 is 34.0 Å². The molecule has 5 nitrogen and oxygen atoms in total. The van der Waals surface area contributed by atoms with Gasteiger partial charge in [-0.3, -0.25) is 4.98 Å².